The first-order valence-electron chi connectivity index (χ1n) is 6.50. The number of nitrogens with zero attached hydrogens (tertiary/aromatic N) is 2. The van der Waals surface area contributed by atoms with E-state index in [2.05, 4.69) is 15.5 Å². The summed E-state index contributed by atoms with van der Waals surface area (Å²) in [7, 11) is 0. The smallest absolute Gasteiger partial charge is 0.247 e. The first kappa shape index (κ1) is 15.4. The van der Waals surface area contributed by atoms with E-state index in [0.29, 0.717) is 10.6 Å². The molecule has 1 heterocycles. The number of halogens is 4. The van der Waals surface area contributed by atoms with Gasteiger partial charge in [0, 0.05) is 10.6 Å². The van der Waals surface area contributed by atoms with E-state index < -0.39 is 17.5 Å². The van der Waals surface area contributed by atoms with Gasteiger partial charge in [-0.1, -0.05) is 17.7 Å². The molecule has 0 aliphatic heterocycles. The second-order valence-corrected chi connectivity index (χ2v) is 5.02. The number of nitrogens with one attached hydrogen (secondary N) is 1. The Kier molecular flexibility index (Phi) is 4.20. The molecule has 23 heavy (non-hydrogen) atoms. The number of hydrogen-bond acceptors (Lipinski definition) is 4. The Labute approximate surface area is 133 Å². The van der Waals surface area contributed by atoms with E-state index in [4.69, 9.17) is 16.0 Å². The summed E-state index contributed by atoms with van der Waals surface area (Å²) in [5.41, 5.74) is 0.432. The lowest BCUT2D eigenvalue weighted by atomic mass is 10.2. The molecule has 0 amide bonds. The predicted molar refractivity (Wildman–Crippen MR) is 78.4 cm³/mol. The molecule has 0 spiro atoms. The summed E-state index contributed by atoms with van der Waals surface area (Å²) in [5, 5.41) is 10.7. The minimum atomic E-state index is -1.54. The van der Waals surface area contributed by atoms with Crippen LogP contribution in [0, 0.1) is 17.5 Å². The van der Waals surface area contributed by atoms with Gasteiger partial charge in [0.1, 0.15) is 0 Å². The van der Waals surface area contributed by atoms with Gasteiger partial charge in [-0.2, -0.15) is 0 Å². The molecule has 0 aliphatic rings. The number of anilines is 1. The molecule has 0 atom stereocenters. The molecule has 0 saturated carbocycles. The molecular weight excluding hydrogens is 331 g/mol. The quantitative estimate of drug-likeness (QED) is 0.715. The Morgan fingerprint density at radius 2 is 1.87 bits per heavy atom. The van der Waals surface area contributed by atoms with E-state index in [1.54, 1.807) is 24.3 Å². The van der Waals surface area contributed by atoms with Gasteiger partial charge in [-0.3, -0.25) is 0 Å². The first-order valence-corrected chi connectivity index (χ1v) is 6.88. The summed E-state index contributed by atoms with van der Waals surface area (Å²) < 4.78 is 44.9. The van der Waals surface area contributed by atoms with Crippen molar-refractivity contribution in [2.45, 2.75) is 6.54 Å². The summed E-state index contributed by atoms with van der Waals surface area (Å²) in [6.07, 6.45) is 0. The van der Waals surface area contributed by atoms with Crippen LogP contribution in [-0.4, -0.2) is 10.2 Å². The van der Waals surface area contributed by atoms with Crippen molar-refractivity contribution in [2.75, 3.05) is 5.32 Å². The van der Waals surface area contributed by atoms with Crippen LogP contribution in [0.5, 0.6) is 0 Å². The van der Waals surface area contributed by atoms with Crippen molar-refractivity contribution in [3.8, 4) is 11.5 Å². The van der Waals surface area contributed by atoms with Crippen LogP contribution in [0.2, 0.25) is 5.02 Å². The van der Waals surface area contributed by atoms with Crippen LogP contribution in [0.25, 0.3) is 11.5 Å². The summed E-state index contributed by atoms with van der Waals surface area (Å²) in [6.45, 7) is -0.0461. The van der Waals surface area contributed by atoms with E-state index in [0.717, 1.165) is 12.1 Å². The monoisotopic (exact) mass is 339 g/mol. The molecule has 0 fully saturated rings. The third-order valence-electron chi connectivity index (χ3n) is 3.00. The molecule has 0 bridgehead atoms. The molecule has 0 aliphatic carbocycles. The maximum Gasteiger partial charge on any atom is 0.247 e. The zero-order chi connectivity index (χ0) is 16.4. The Morgan fingerprint density at radius 3 is 2.65 bits per heavy atom. The number of aromatic nitrogens is 2. The fourth-order valence-electron chi connectivity index (χ4n) is 1.90. The van der Waals surface area contributed by atoms with Crippen molar-refractivity contribution in [1.82, 2.24) is 10.2 Å². The Hall–Kier alpha value is -2.54. The predicted octanol–water partition coefficient (Wildman–Crippen LogP) is 4.42. The van der Waals surface area contributed by atoms with Crippen molar-refractivity contribution in [3.63, 3.8) is 0 Å². The molecule has 118 valence electrons. The minimum Gasteiger partial charge on any atom is -0.419 e. The maximum atomic E-state index is 13.5. The summed E-state index contributed by atoms with van der Waals surface area (Å²) in [4.78, 5) is 0. The highest BCUT2D eigenvalue weighted by Gasteiger charge is 2.14. The van der Waals surface area contributed by atoms with Gasteiger partial charge in [0.2, 0.25) is 11.8 Å². The molecule has 4 nitrogen and oxygen atoms in total. The lowest BCUT2D eigenvalue weighted by molar-refractivity contribution is 0.448. The SMILES string of the molecule is Fc1ccc(NCc2nnc(-c3cccc(Cl)c3)o2)c(F)c1F. The molecule has 8 heteroatoms. The fraction of sp³-hybridized carbons (Fsp3) is 0.0667. The van der Waals surface area contributed by atoms with E-state index in [9.17, 15) is 13.2 Å². The van der Waals surface area contributed by atoms with Gasteiger partial charge in [-0.15, -0.1) is 10.2 Å². The normalized spacial score (nSPS) is 10.8. The molecule has 0 saturated heterocycles. The second-order valence-electron chi connectivity index (χ2n) is 4.59. The zero-order valence-corrected chi connectivity index (χ0v) is 12.2. The van der Waals surface area contributed by atoms with Gasteiger partial charge in [-0.05, 0) is 30.3 Å². The Balaban J connectivity index is 1.74. The van der Waals surface area contributed by atoms with Gasteiger partial charge in [0.15, 0.2) is 17.5 Å². The highest BCUT2D eigenvalue weighted by atomic mass is 35.5. The highest BCUT2D eigenvalue weighted by Crippen LogP contribution is 2.23. The van der Waals surface area contributed by atoms with Gasteiger partial charge < -0.3 is 9.73 Å². The molecule has 1 N–H and O–H groups in total. The average molecular weight is 340 g/mol. The van der Waals surface area contributed by atoms with Crippen molar-refractivity contribution in [3.05, 3.63) is 64.8 Å². The number of benzene rings is 2. The third kappa shape index (κ3) is 3.29. The van der Waals surface area contributed by atoms with Gasteiger partial charge in [0.05, 0.1) is 12.2 Å². The van der Waals surface area contributed by atoms with Crippen LogP contribution < -0.4 is 5.32 Å². The largest absolute Gasteiger partial charge is 0.419 e. The summed E-state index contributed by atoms with van der Waals surface area (Å²) in [6, 6.07) is 8.74. The Bertz CT molecular complexity index is 854. The van der Waals surface area contributed by atoms with Crippen LogP contribution >= 0.6 is 11.6 Å². The highest BCUT2D eigenvalue weighted by molar-refractivity contribution is 6.30. The maximum absolute atomic E-state index is 13.5. The Morgan fingerprint density at radius 1 is 1.04 bits per heavy atom. The lowest BCUT2D eigenvalue weighted by Crippen LogP contribution is -2.04. The van der Waals surface area contributed by atoms with E-state index in [1.165, 1.54) is 0 Å². The third-order valence-corrected chi connectivity index (χ3v) is 3.24. The zero-order valence-electron chi connectivity index (χ0n) is 11.5. The number of rotatable bonds is 4. The molecule has 2 aromatic carbocycles. The molecule has 0 unspecified atom stereocenters. The van der Waals surface area contributed by atoms with Gasteiger partial charge in [0.25, 0.3) is 0 Å². The lowest BCUT2D eigenvalue weighted by Gasteiger charge is -2.05. The molecular formula is C15H9ClF3N3O. The van der Waals surface area contributed by atoms with E-state index >= 15 is 0 Å². The minimum absolute atomic E-state index is 0.0461. The summed E-state index contributed by atoms with van der Waals surface area (Å²) in [5.74, 6) is -3.70. The van der Waals surface area contributed by atoms with Gasteiger partial charge in [-0.25, -0.2) is 13.2 Å². The standard InChI is InChI=1S/C15H9ClF3N3O/c16-9-3-1-2-8(6-9)15-22-21-12(23-15)7-20-11-5-4-10(17)13(18)14(11)19/h1-6,20H,7H2. The van der Waals surface area contributed by atoms with E-state index in [-0.39, 0.29) is 24.0 Å². The topological polar surface area (TPSA) is 51.0 Å². The van der Waals surface area contributed by atoms with Crippen LogP contribution in [0.4, 0.5) is 18.9 Å². The van der Waals surface area contributed by atoms with Crippen LogP contribution in [0.15, 0.2) is 40.8 Å². The molecule has 3 aromatic rings. The molecule has 1 aromatic heterocycles. The second kappa shape index (κ2) is 6.29. The van der Waals surface area contributed by atoms with Crippen molar-refractivity contribution in [2.24, 2.45) is 0 Å². The van der Waals surface area contributed by atoms with Crippen molar-refractivity contribution in [1.29, 1.82) is 0 Å². The summed E-state index contributed by atoms with van der Waals surface area (Å²) >= 11 is 5.88. The van der Waals surface area contributed by atoms with Crippen LogP contribution in [-0.2, 0) is 6.54 Å². The van der Waals surface area contributed by atoms with Crippen molar-refractivity contribution >= 4 is 17.3 Å². The average Bonchev–Trinajstić information content (AvgIpc) is 3.01. The number of hydrogen-bond donors (Lipinski definition) is 1. The van der Waals surface area contributed by atoms with Crippen molar-refractivity contribution < 1.29 is 17.6 Å². The van der Waals surface area contributed by atoms with Crippen LogP contribution in [0.1, 0.15) is 5.89 Å². The van der Waals surface area contributed by atoms with E-state index in [1.807, 2.05) is 0 Å². The fourth-order valence-corrected chi connectivity index (χ4v) is 2.09. The first-order chi connectivity index (χ1) is 11.0. The molecule has 0 radical (unpaired) electrons. The van der Waals surface area contributed by atoms with Crippen LogP contribution in [0.3, 0.4) is 0 Å². The van der Waals surface area contributed by atoms with Gasteiger partial charge >= 0.3 is 0 Å². The molecule has 3 rings (SSSR count).